The van der Waals surface area contributed by atoms with E-state index in [1.807, 2.05) is 12.1 Å². The largest absolute Gasteiger partial charge is 0.489 e. The van der Waals surface area contributed by atoms with Crippen LogP contribution in [-0.2, 0) is 0 Å². The van der Waals surface area contributed by atoms with Crippen molar-refractivity contribution in [1.82, 2.24) is 19.9 Å². The minimum absolute atomic E-state index is 0. The van der Waals surface area contributed by atoms with E-state index >= 15 is 0 Å². The molecule has 0 unspecified atom stereocenters. The maximum absolute atomic E-state index is 13.4. The van der Waals surface area contributed by atoms with Crippen LogP contribution < -0.4 is 29.6 Å². The second-order valence-corrected chi connectivity index (χ2v) is 28.7. The number of nitrogens with zero attached hydrogens (tertiary/aromatic N) is 4. The molecular weight excluding hydrogens is 1280 g/mol. The number of aliphatic hydroxyl groups excluding tert-OH is 2. The number of alkyl halides is 2. The van der Waals surface area contributed by atoms with Crippen molar-refractivity contribution in [3.05, 3.63) is 95.0 Å². The topological polar surface area (TPSA) is 153 Å². The van der Waals surface area contributed by atoms with E-state index in [0.717, 1.165) is 5.39 Å². The molecule has 0 spiro atoms. The third-order valence-electron chi connectivity index (χ3n) is 7.13. The second-order valence-electron chi connectivity index (χ2n) is 11.0. The van der Waals surface area contributed by atoms with Crippen LogP contribution in [-0.4, -0.2) is 80.5 Å². The van der Waals surface area contributed by atoms with Crippen LogP contribution in [0.25, 0.3) is 21.8 Å². The Labute approximate surface area is 407 Å². The van der Waals surface area contributed by atoms with Crippen LogP contribution >= 0.6 is 130 Å². The molecule has 0 aliphatic heterocycles. The van der Waals surface area contributed by atoms with E-state index in [0.29, 0.717) is 86.3 Å². The molecule has 0 amide bonds. The zero-order valence-corrected chi connectivity index (χ0v) is 42.8. The summed E-state index contributed by atoms with van der Waals surface area (Å²) in [7, 11) is 0. The molecule has 2 heterocycles. The Morgan fingerprint density at radius 1 is 0.576 bits per heavy atom. The van der Waals surface area contributed by atoms with Gasteiger partial charge in [0.25, 0.3) is 0 Å². The first-order valence-electron chi connectivity index (χ1n) is 16.6. The summed E-state index contributed by atoms with van der Waals surface area (Å²) in [4.78, 5) is 17.1. The quantitative estimate of drug-likeness (QED) is 0.0414. The van der Waals surface area contributed by atoms with Gasteiger partial charge in [-0.2, -0.15) is 0 Å². The van der Waals surface area contributed by atoms with Gasteiger partial charge in [-0.25, -0.2) is 28.7 Å². The van der Waals surface area contributed by atoms with Crippen molar-refractivity contribution in [2.24, 2.45) is 0 Å². The number of rotatable bonds is 16. The van der Waals surface area contributed by atoms with Crippen LogP contribution in [0.1, 0.15) is 0 Å². The zero-order valence-electron chi connectivity index (χ0n) is 30.2. The van der Waals surface area contributed by atoms with Crippen molar-refractivity contribution < 1.29 is 37.9 Å². The third-order valence-corrected chi connectivity index (χ3v) is 8.36. The molecule has 59 heavy (non-hydrogen) atoms. The Bertz CT molecular complexity index is 2120. The van der Waals surface area contributed by atoms with Crippen LogP contribution in [0.15, 0.2) is 73.3 Å². The fourth-order valence-corrected chi connectivity index (χ4v) is 5.49. The van der Waals surface area contributed by atoms with Gasteiger partial charge >= 0.3 is 0 Å². The van der Waals surface area contributed by atoms with Gasteiger partial charge in [0, 0.05) is 44.9 Å². The minimum atomic E-state index is -0.514. The Morgan fingerprint density at radius 2 is 0.932 bits per heavy atom. The van der Waals surface area contributed by atoms with E-state index in [2.05, 4.69) is 109 Å². The van der Waals surface area contributed by atoms with E-state index in [9.17, 15) is 8.78 Å². The van der Waals surface area contributed by atoms with Crippen LogP contribution in [0.4, 0.5) is 31.8 Å². The van der Waals surface area contributed by atoms with Crippen molar-refractivity contribution in [3.8, 4) is 23.0 Å². The fourth-order valence-electron chi connectivity index (χ4n) is 4.81. The van der Waals surface area contributed by atoms with E-state index < -0.39 is 11.6 Å². The molecule has 4 aromatic carbocycles. The zero-order chi connectivity index (χ0) is 42.0. The van der Waals surface area contributed by atoms with Gasteiger partial charge in [0.2, 0.25) is 0 Å². The summed E-state index contributed by atoms with van der Waals surface area (Å²) < 4.78 is 49.1. The van der Waals surface area contributed by atoms with Gasteiger partial charge in [-0.05, 0) is 95.0 Å². The van der Waals surface area contributed by atoms with E-state index in [4.69, 9.17) is 52.4 Å². The van der Waals surface area contributed by atoms with E-state index in [1.54, 1.807) is 18.2 Å². The predicted molar refractivity (Wildman–Crippen MR) is 261 cm³/mol. The average molecular weight is 1310 g/mol. The first-order chi connectivity index (χ1) is 28.0. The summed E-state index contributed by atoms with van der Waals surface area (Å²) >= 11 is 27.9. The molecule has 0 fully saturated rings. The monoisotopic (exact) mass is 1310 g/mol. The second kappa shape index (κ2) is 27.4. The van der Waals surface area contributed by atoms with Gasteiger partial charge in [0.05, 0.1) is 47.5 Å². The normalized spacial score (nSPS) is 10.5. The van der Waals surface area contributed by atoms with Gasteiger partial charge in [-0.3, -0.25) is 0 Å². The number of hydrogen-bond donors (Lipinski definition) is 4. The maximum Gasteiger partial charge on any atom is 0.163 e. The standard InChI is InChI=1S/C18H15Br2ClFN3O2.C18H17ClFN3O4.Br3P.HI/c19-3-5-26-16-8-12-15(9-17(16)27-6-4-20)23-10-24-18(12)25-11-1-2-14(22)13(21)7-11;19-13-7-11(1-2-14(13)20)23-18-12-8-16(26-5-3-24)17(27-6-4-25)9-15(12)21-10-22-18;1-4(2)3;/h1-2,7-10H,3-6H2,(H,23,24,25);1-2,7-10,24-25H,3-6H2,(H,21,22,23);;1H. The van der Waals surface area contributed by atoms with Crippen molar-refractivity contribution in [2.45, 2.75) is 0 Å². The molecule has 4 N–H and O–H groups in total. The number of anilines is 4. The SMILES string of the molecule is BrP(Br)Br.Fc1ccc(Nc2ncnc3cc(OCCBr)c(OCCBr)cc23)cc1Cl.I.OCCOc1cc2ncnc(Nc3ccc(F)c(Cl)c3)c2cc1OCCO. The highest BCUT2D eigenvalue weighted by Crippen LogP contribution is 2.59. The number of aromatic nitrogens is 4. The van der Waals surface area contributed by atoms with Crippen LogP contribution in [0, 0.1) is 11.6 Å². The molecule has 6 rings (SSSR count). The lowest BCUT2D eigenvalue weighted by Crippen LogP contribution is -2.07. The molecule has 0 aliphatic carbocycles. The number of halogens is 10. The summed E-state index contributed by atoms with van der Waals surface area (Å²) in [5, 5.41) is 27.0. The minimum Gasteiger partial charge on any atom is -0.489 e. The molecule has 0 saturated heterocycles. The molecule has 6 aromatic rings. The first-order valence-corrected chi connectivity index (χ1v) is 27.0. The summed E-state index contributed by atoms with van der Waals surface area (Å²) in [6.07, 6.45) is 2.82. The van der Waals surface area contributed by atoms with E-state index in [-0.39, 0.29) is 64.5 Å². The summed E-state index contributed by atoms with van der Waals surface area (Å²) in [5.41, 5.74) is 2.44. The highest BCUT2D eigenvalue weighted by molar-refractivity contribution is 14.0. The Kier molecular flexibility index (Phi) is 23.9. The van der Waals surface area contributed by atoms with Crippen molar-refractivity contribution in [2.75, 3.05) is 60.9 Å². The van der Waals surface area contributed by atoms with Crippen LogP contribution in [0.3, 0.4) is 0 Å². The van der Waals surface area contributed by atoms with Crippen molar-refractivity contribution >= 4 is 174 Å². The molecular formula is C36H33Br5Cl2F2IN6O6P. The Morgan fingerprint density at radius 3 is 1.27 bits per heavy atom. The number of fused-ring (bicyclic) bond motifs is 2. The fraction of sp³-hybridized carbons (Fsp3) is 0.222. The van der Waals surface area contributed by atoms with Gasteiger partial charge in [-0.1, -0.05) is 55.1 Å². The van der Waals surface area contributed by atoms with Gasteiger partial charge in [-0.15, -0.1) is 24.0 Å². The Balaban J connectivity index is 0.000000285. The van der Waals surface area contributed by atoms with Gasteiger partial charge < -0.3 is 39.8 Å². The van der Waals surface area contributed by atoms with Crippen LogP contribution in [0.2, 0.25) is 10.0 Å². The summed E-state index contributed by atoms with van der Waals surface area (Å²) in [6.45, 7) is 0.832. The Hall–Kier alpha value is -1.72. The summed E-state index contributed by atoms with van der Waals surface area (Å²) in [5.74, 6) is 1.99. The average Bonchev–Trinajstić information content (AvgIpc) is 3.20. The maximum atomic E-state index is 13.4. The molecule has 0 atom stereocenters. The number of benzene rings is 4. The molecule has 2 aromatic heterocycles. The highest BCUT2D eigenvalue weighted by atomic mass is 127. The number of nitrogens with one attached hydrogen (secondary N) is 2. The summed E-state index contributed by atoms with van der Waals surface area (Å²) in [6, 6.07) is 15.6. The van der Waals surface area contributed by atoms with Crippen molar-refractivity contribution in [3.63, 3.8) is 0 Å². The van der Waals surface area contributed by atoms with Gasteiger partial charge in [0.1, 0.15) is 53.2 Å². The van der Waals surface area contributed by atoms with Crippen molar-refractivity contribution in [1.29, 1.82) is 0 Å². The highest BCUT2D eigenvalue weighted by Gasteiger charge is 2.15. The van der Waals surface area contributed by atoms with Gasteiger partial charge in [0.15, 0.2) is 23.0 Å². The molecule has 12 nitrogen and oxygen atoms in total. The smallest absolute Gasteiger partial charge is 0.163 e. The first kappa shape index (κ1) is 51.6. The number of ether oxygens (including phenoxy) is 4. The molecule has 0 radical (unpaired) electrons. The lowest BCUT2D eigenvalue weighted by molar-refractivity contribution is 0.178. The number of hydrogen-bond acceptors (Lipinski definition) is 12. The third kappa shape index (κ3) is 16.5. The lowest BCUT2D eigenvalue weighted by Gasteiger charge is -2.14. The van der Waals surface area contributed by atoms with Crippen LogP contribution in [0.5, 0.6) is 23.0 Å². The molecule has 0 aliphatic rings. The molecule has 0 bridgehead atoms. The molecule has 318 valence electrons. The molecule has 23 heteroatoms. The predicted octanol–water partition coefficient (Wildman–Crippen LogP) is 12.6. The lowest BCUT2D eigenvalue weighted by atomic mass is 10.2. The molecule has 0 saturated carbocycles. The van der Waals surface area contributed by atoms with E-state index in [1.165, 1.54) is 43.0 Å². The number of aliphatic hydroxyl groups is 2.